The number of amides is 1. The summed E-state index contributed by atoms with van der Waals surface area (Å²) in [5.74, 6) is -2.33. The number of nitrogens with one attached hydrogen (secondary N) is 1. The van der Waals surface area contributed by atoms with E-state index in [2.05, 4.69) is 33.0 Å². The predicted octanol–water partition coefficient (Wildman–Crippen LogP) is 4.07. The first-order valence-corrected chi connectivity index (χ1v) is 8.14. The van der Waals surface area contributed by atoms with Gasteiger partial charge in [0.05, 0.1) is 6.54 Å². The molecule has 3 aromatic rings. The van der Waals surface area contributed by atoms with Gasteiger partial charge in [0.15, 0.2) is 5.69 Å². The summed E-state index contributed by atoms with van der Waals surface area (Å²) in [5, 5.41) is 6.38. The van der Waals surface area contributed by atoms with E-state index in [9.17, 15) is 13.6 Å². The topological polar surface area (TPSA) is 46.9 Å². The zero-order chi connectivity index (χ0) is 17.1. The Labute approximate surface area is 150 Å². The average Bonchev–Trinajstić information content (AvgIpc) is 3.02. The third kappa shape index (κ3) is 3.61. The number of hydrogen-bond donors (Lipinski definition) is 1. The van der Waals surface area contributed by atoms with Crippen LogP contribution in [0.5, 0.6) is 0 Å². The van der Waals surface area contributed by atoms with Gasteiger partial charge in [-0.25, -0.2) is 8.78 Å². The van der Waals surface area contributed by atoms with Crippen LogP contribution in [0.4, 0.5) is 14.5 Å². The van der Waals surface area contributed by atoms with Gasteiger partial charge in [-0.1, -0.05) is 24.3 Å². The van der Waals surface area contributed by atoms with E-state index in [0.717, 1.165) is 21.3 Å². The lowest BCUT2D eigenvalue weighted by Gasteiger charge is -2.06. The summed E-state index contributed by atoms with van der Waals surface area (Å²) in [6.07, 6.45) is 1.65. The zero-order valence-corrected chi connectivity index (χ0v) is 14.5. The molecule has 0 bridgehead atoms. The number of anilines is 1. The van der Waals surface area contributed by atoms with Crippen LogP contribution in [-0.4, -0.2) is 15.7 Å². The lowest BCUT2D eigenvalue weighted by atomic mass is 10.2. The molecule has 7 heteroatoms. The van der Waals surface area contributed by atoms with Gasteiger partial charge in [0.25, 0.3) is 5.91 Å². The normalized spacial score (nSPS) is 10.6. The molecule has 1 aromatic heterocycles. The van der Waals surface area contributed by atoms with E-state index in [1.165, 1.54) is 12.1 Å². The molecule has 0 aliphatic heterocycles. The highest BCUT2D eigenvalue weighted by atomic mass is 127. The monoisotopic (exact) mass is 439 g/mol. The molecule has 0 saturated carbocycles. The summed E-state index contributed by atoms with van der Waals surface area (Å²) in [7, 11) is 0. The van der Waals surface area contributed by atoms with E-state index in [0.29, 0.717) is 6.54 Å². The molecule has 0 fully saturated rings. The summed E-state index contributed by atoms with van der Waals surface area (Å²) in [6, 6.07) is 12.7. The van der Waals surface area contributed by atoms with Crippen molar-refractivity contribution in [2.24, 2.45) is 0 Å². The Morgan fingerprint density at radius 1 is 1.08 bits per heavy atom. The quantitative estimate of drug-likeness (QED) is 0.624. The summed E-state index contributed by atoms with van der Waals surface area (Å²) in [6.45, 7) is 0.500. The number of aromatic nitrogens is 2. The molecule has 122 valence electrons. The number of carbonyl (C=O) groups is 1. The summed E-state index contributed by atoms with van der Waals surface area (Å²) in [5.41, 5.74) is 0.673. The van der Waals surface area contributed by atoms with E-state index in [-0.39, 0.29) is 5.69 Å². The second-order valence-electron chi connectivity index (χ2n) is 5.04. The van der Waals surface area contributed by atoms with Crippen molar-refractivity contribution in [3.05, 3.63) is 81.2 Å². The Morgan fingerprint density at radius 3 is 2.50 bits per heavy atom. The predicted molar refractivity (Wildman–Crippen MR) is 94.8 cm³/mol. The maximum Gasteiger partial charge on any atom is 0.276 e. The number of rotatable bonds is 4. The molecule has 0 spiro atoms. The van der Waals surface area contributed by atoms with Crippen molar-refractivity contribution < 1.29 is 13.6 Å². The fourth-order valence-electron chi connectivity index (χ4n) is 2.17. The Hall–Kier alpha value is -2.29. The highest BCUT2D eigenvalue weighted by Crippen LogP contribution is 2.19. The van der Waals surface area contributed by atoms with Crippen LogP contribution < -0.4 is 5.32 Å². The van der Waals surface area contributed by atoms with Crippen molar-refractivity contribution in [2.75, 3.05) is 5.32 Å². The van der Waals surface area contributed by atoms with Crippen molar-refractivity contribution >= 4 is 34.2 Å². The van der Waals surface area contributed by atoms with Crippen LogP contribution in [0.15, 0.2) is 54.7 Å². The molecule has 1 amide bonds. The Bertz CT molecular complexity index is 875. The molecule has 0 atom stereocenters. The summed E-state index contributed by atoms with van der Waals surface area (Å²) < 4.78 is 29.9. The number of nitrogens with zero attached hydrogens (tertiary/aromatic N) is 2. The van der Waals surface area contributed by atoms with Crippen LogP contribution in [0.2, 0.25) is 0 Å². The van der Waals surface area contributed by atoms with E-state index in [4.69, 9.17) is 0 Å². The Morgan fingerprint density at radius 2 is 1.79 bits per heavy atom. The Balaban J connectivity index is 1.76. The zero-order valence-electron chi connectivity index (χ0n) is 12.3. The second-order valence-corrected chi connectivity index (χ2v) is 6.20. The summed E-state index contributed by atoms with van der Waals surface area (Å²) in [4.78, 5) is 12.1. The number of halogens is 3. The second kappa shape index (κ2) is 7.08. The fraction of sp³-hybridized carbons (Fsp3) is 0.0588. The van der Waals surface area contributed by atoms with Gasteiger partial charge in [0.2, 0.25) is 0 Å². The minimum Gasteiger partial charge on any atom is -0.316 e. The van der Waals surface area contributed by atoms with Gasteiger partial charge in [-0.3, -0.25) is 9.48 Å². The van der Waals surface area contributed by atoms with Crippen LogP contribution in [0.25, 0.3) is 0 Å². The third-order valence-electron chi connectivity index (χ3n) is 3.36. The van der Waals surface area contributed by atoms with Gasteiger partial charge < -0.3 is 5.32 Å². The molecular weight excluding hydrogens is 427 g/mol. The average molecular weight is 439 g/mol. The van der Waals surface area contributed by atoms with Crippen LogP contribution in [-0.2, 0) is 6.54 Å². The van der Waals surface area contributed by atoms with Crippen molar-refractivity contribution in [3.63, 3.8) is 0 Å². The maximum absolute atomic E-state index is 13.6. The maximum atomic E-state index is 13.6. The van der Waals surface area contributed by atoms with Crippen molar-refractivity contribution in [2.45, 2.75) is 6.54 Å². The van der Waals surface area contributed by atoms with E-state index in [1.807, 2.05) is 24.3 Å². The SMILES string of the molecule is O=C(Nc1c(F)cccc1F)c1ccn(Cc2ccccc2I)n1. The highest BCUT2D eigenvalue weighted by Gasteiger charge is 2.15. The molecule has 3 rings (SSSR count). The molecule has 0 unspecified atom stereocenters. The number of benzene rings is 2. The molecular formula is C17H12F2IN3O. The summed E-state index contributed by atoms with van der Waals surface area (Å²) >= 11 is 2.23. The molecule has 1 heterocycles. The van der Waals surface area contributed by atoms with E-state index >= 15 is 0 Å². The first-order valence-electron chi connectivity index (χ1n) is 7.07. The molecule has 1 N–H and O–H groups in total. The van der Waals surface area contributed by atoms with Gasteiger partial charge >= 0.3 is 0 Å². The van der Waals surface area contributed by atoms with Gasteiger partial charge in [-0.15, -0.1) is 0 Å². The minimum absolute atomic E-state index is 0.0867. The van der Waals surface area contributed by atoms with Gasteiger partial charge in [0, 0.05) is 9.77 Å². The fourth-order valence-corrected chi connectivity index (χ4v) is 2.72. The number of para-hydroxylation sites is 1. The number of carbonyl (C=O) groups excluding carboxylic acids is 1. The van der Waals surface area contributed by atoms with Crippen molar-refractivity contribution in [3.8, 4) is 0 Å². The van der Waals surface area contributed by atoms with Crippen molar-refractivity contribution in [1.29, 1.82) is 0 Å². The molecule has 0 aliphatic carbocycles. The van der Waals surface area contributed by atoms with Crippen LogP contribution in [0.1, 0.15) is 16.1 Å². The van der Waals surface area contributed by atoms with E-state index in [1.54, 1.807) is 10.9 Å². The van der Waals surface area contributed by atoms with E-state index < -0.39 is 23.2 Å². The molecule has 0 saturated heterocycles. The molecule has 2 aromatic carbocycles. The number of hydrogen-bond acceptors (Lipinski definition) is 2. The molecule has 24 heavy (non-hydrogen) atoms. The smallest absolute Gasteiger partial charge is 0.276 e. The highest BCUT2D eigenvalue weighted by molar-refractivity contribution is 14.1. The van der Waals surface area contributed by atoms with Gasteiger partial charge in [-0.2, -0.15) is 5.10 Å². The standard InChI is InChI=1S/C17H12F2IN3O/c18-12-5-3-6-13(19)16(12)21-17(24)15-8-9-23(22-15)10-11-4-1-2-7-14(11)20/h1-9H,10H2,(H,21,24). The molecule has 0 aliphatic rings. The molecule has 0 radical (unpaired) electrons. The lowest BCUT2D eigenvalue weighted by Crippen LogP contribution is -2.15. The van der Waals surface area contributed by atoms with Gasteiger partial charge in [-0.05, 0) is 52.4 Å². The Kier molecular flexibility index (Phi) is 4.89. The first kappa shape index (κ1) is 16.6. The minimum atomic E-state index is -0.832. The van der Waals surface area contributed by atoms with Crippen molar-refractivity contribution in [1.82, 2.24) is 9.78 Å². The van der Waals surface area contributed by atoms with Gasteiger partial charge in [0.1, 0.15) is 17.3 Å². The van der Waals surface area contributed by atoms with Crippen LogP contribution >= 0.6 is 22.6 Å². The molecule has 4 nitrogen and oxygen atoms in total. The third-order valence-corrected chi connectivity index (χ3v) is 4.42. The van der Waals surface area contributed by atoms with Crippen LogP contribution in [0, 0.1) is 15.2 Å². The first-order chi connectivity index (χ1) is 11.5. The largest absolute Gasteiger partial charge is 0.316 e. The van der Waals surface area contributed by atoms with Crippen LogP contribution in [0.3, 0.4) is 0 Å². The lowest BCUT2D eigenvalue weighted by molar-refractivity contribution is 0.102.